The number of hydrogen-bond acceptors (Lipinski definition) is 9. The van der Waals surface area contributed by atoms with Gasteiger partial charge in [-0.25, -0.2) is 4.57 Å². The van der Waals surface area contributed by atoms with Crippen LogP contribution >= 0.6 is 7.82 Å². The highest BCUT2D eigenvalue weighted by molar-refractivity contribution is 7.48. The predicted molar refractivity (Wildman–Crippen MR) is 129 cm³/mol. The molecule has 0 aromatic heterocycles. The molecule has 3 aliphatic rings. The van der Waals surface area contributed by atoms with Gasteiger partial charge in [0.05, 0.1) is 19.8 Å². The molecule has 0 aliphatic carbocycles. The highest BCUT2D eigenvalue weighted by Crippen LogP contribution is 2.54. The van der Waals surface area contributed by atoms with Crippen LogP contribution in [0.15, 0.2) is 60.7 Å². The van der Waals surface area contributed by atoms with Crippen LogP contribution in [0.1, 0.15) is 38.8 Å². The summed E-state index contributed by atoms with van der Waals surface area (Å²) in [4.78, 5) is 0. The van der Waals surface area contributed by atoms with E-state index in [1.54, 1.807) is 0 Å². The molecule has 2 aromatic carbocycles. The average Bonchev–Trinajstić information content (AvgIpc) is 3.45. The zero-order chi connectivity index (χ0) is 25.4. The van der Waals surface area contributed by atoms with Gasteiger partial charge in [0.15, 0.2) is 11.6 Å². The van der Waals surface area contributed by atoms with Crippen LogP contribution < -0.4 is 0 Å². The normalized spacial score (nSPS) is 30.6. The van der Waals surface area contributed by atoms with Crippen LogP contribution in [0, 0.1) is 0 Å². The van der Waals surface area contributed by atoms with Crippen molar-refractivity contribution in [3.05, 3.63) is 71.8 Å². The highest BCUT2D eigenvalue weighted by atomic mass is 31.2. The maximum atomic E-state index is 13.7. The van der Waals surface area contributed by atoms with Crippen molar-refractivity contribution in [3.8, 4) is 0 Å². The Morgan fingerprint density at radius 3 is 1.92 bits per heavy atom. The van der Waals surface area contributed by atoms with E-state index in [0.717, 1.165) is 11.1 Å². The van der Waals surface area contributed by atoms with Crippen molar-refractivity contribution in [1.29, 1.82) is 0 Å². The standard InChI is InChI=1S/C26H33O9P/c1-24(2)28-18-26(35-24)23-22(33-25(3,4)34-23)21(32-26)17-31-36(27,29-15-19-11-7-5-8-12-19)30-16-20-13-9-6-10-14-20/h5-14,21-23H,15-18H2,1-4H3/t21-,22+,23+,26+/m1/s1. The monoisotopic (exact) mass is 520 g/mol. The Morgan fingerprint density at radius 2 is 1.39 bits per heavy atom. The van der Waals surface area contributed by atoms with Gasteiger partial charge in [-0.05, 0) is 38.8 Å². The van der Waals surface area contributed by atoms with E-state index in [-0.39, 0.29) is 26.4 Å². The summed E-state index contributed by atoms with van der Waals surface area (Å²) in [5.74, 6) is -2.85. The molecule has 36 heavy (non-hydrogen) atoms. The summed E-state index contributed by atoms with van der Waals surface area (Å²) in [5, 5.41) is 0. The number of fused-ring (bicyclic) bond motifs is 2. The number of phosphoric acid groups is 1. The zero-order valence-corrected chi connectivity index (χ0v) is 21.8. The third-order valence-corrected chi connectivity index (χ3v) is 7.54. The molecule has 2 aromatic rings. The van der Waals surface area contributed by atoms with E-state index in [1.807, 2.05) is 88.4 Å². The lowest BCUT2D eigenvalue weighted by Crippen LogP contribution is -2.46. The van der Waals surface area contributed by atoms with Crippen molar-refractivity contribution in [3.63, 3.8) is 0 Å². The molecule has 10 heteroatoms. The van der Waals surface area contributed by atoms with Gasteiger partial charge in [-0.1, -0.05) is 60.7 Å². The molecule has 0 N–H and O–H groups in total. The third-order valence-electron chi connectivity index (χ3n) is 6.18. The van der Waals surface area contributed by atoms with Crippen LogP contribution in [0.4, 0.5) is 0 Å². The molecule has 9 nitrogen and oxygen atoms in total. The first-order valence-electron chi connectivity index (χ1n) is 12.1. The van der Waals surface area contributed by atoms with Crippen LogP contribution in [0.25, 0.3) is 0 Å². The van der Waals surface area contributed by atoms with Gasteiger partial charge in [0.2, 0.25) is 5.79 Å². The smallest absolute Gasteiger partial charge is 0.345 e. The Labute approximate surface area is 211 Å². The molecule has 0 radical (unpaired) electrons. The van der Waals surface area contributed by atoms with E-state index in [1.165, 1.54) is 0 Å². The SMILES string of the molecule is CC1(C)O[C@H]2[C@@H](COP(=O)(OCc3ccccc3)OCc3ccccc3)O[C@]3(COC(C)(C)O3)[C@H]2O1. The fraction of sp³-hybridized carbons (Fsp3) is 0.538. The number of hydrogen-bond donors (Lipinski definition) is 0. The van der Waals surface area contributed by atoms with Gasteiger partial charge < -0.3 is 23.7 Å². The van der Waals surface area contributed by atoms with E-state index in [4.69, 9.17) is 37.3 Å². The number of rotatable bonds is 9. The van der Waals surface area contributed by atoms with E-state index in [9.17, 15) is 4.57 Å². The second-order valence-corrected chi connectivity index (χ2v) is 11.7. The molecular weight excluding hydrogens is 487 g/mol. The number of ether oxygens (including phenoxy) is 5. The summed E-state index contributed by atoms with van der Waals surface area (Å²) >= 11 is 0. The molecular formula is C26H33O9P. The van der Waals surface area contributed by atoms with Crippen molar-refractivity contribution in [2.45, 2.75) is 76.6 Å². The Balaban J connectivity index is 1.30. The summed E-state index contributed by atoms with van der Waals surface area (Å²) in [6, 6.07) is 18.8. The van der Waals surface area contributed by atoms with E-state index in [0.29, 0.717) is 0 Å². The predicted octanol–water partition coefficient (Wildman–Crippen LogP) is 4.94. The molecule has 196 valence electrons. The minimum Gasteiger partial charge on any atom is -0.345 e. The van der Waals surface area contributed by atoms with Gasteiger partial charge in [-0.15, -0.1) is 0 Å². The molecule has 0 amide bonds. The molecule has 0 bridgehead atoms. The van der Waals surface area contributed by atoms with Gasteiger partial charge in [-0.2, -0.15) is 0 Å². The van der Waals surface area contributed by atoms with E-state index >= 15 is 0 Å². The minimum atomic E-state index is -3.99. The molecule has 3 aliphatic heterocycles. The first-order valence-corrected chi connectivity index (χ1v) is 13.5. The maximum Gasteiger partial charge on any atom is 0.475 e. The first-order chi connectivity index (χ1) is 17.1. The lowest BCUT2D eigenvalue weighted by Gasteiger charge is -2.30. The summed E-state index contributed by atoms with van der Waals surface area (Å²) < 4.78 is 61.5. The summed E-state index contributed by atoms with van der Waals surface area (Å²) in [7, 11) is -3.99. The molecule has 0 saturated carbocycles. The van der Waals surface area contributed by atoms with Crippen molar-refractivity contribution in [2.75, 3.05) is 13.2 Å². The van der Waals surface area contributed by atoms with Gasteiger partial charge >= 0.3 is 7.82 Å². The highest BCUT2D eigenvalue weighted by Gasteiger charge is 2.68. The van der Waals surface area contributed by atoms with Crippen LogP contribution in [-0.2, 0) is 55.0 Å². The lowest BCUT2D eigenvalue weighted by atomic mass is 10.1. The van der Waals surface area contributed by atoms with E-state index < -0.39 is 43.5 Å². The Bertz CT molecular complexity index is 1030. The molecule has 0 unspecified atom stereocenters. The quantitative estimate of drug-likeness (QED) is 0.426. The van der Waals surface area contributed by atoms with Crippen LogP contribution in [0.2, 0.25) is 0 Å². The van der Waals surface area contributed by atoms with Gasteiger partial charge in [0, 0.05) is 0 Å². The number of benzene rings is 2. The Hall–Kier alpha value is -1.65. The fourth-order valence-corrected chi connectivity index (χ4v) is 5.77. The van der Waals surface area contributed by atoms with Crippen molar-refractivity contribution in [2.24, 2.45) is 0 Å². The molecule has 1 spiro atoms. The Kier molecular flexibility index (Phi) is 7.15. The molecule has 3 saturated heterocycles. The molecule has 4 atom stereocenters. The molecule has 3 fully saturated rings. The minimum absolute atomic E-state index is 0.0617. The lowest BCUT2D eigenvalue weighted by molar-refractivity contribution is -0.297. The first kappa shape index (κ1) is 26.0. The third kappa shape index (κ3) is 5.75. The van der Waals surface area contributed by atoms with Gasteiger partial charge in [0.1, 0.15) is 24.9 Å². The van der Waals surface area contributed by atoms with Crippen LogP contribution in [0.5, 0.6) is 0 Å². The van der Waals surface area contributed by atoms with E-state index in [2.05, 4.69) is 0 Å². The van der Waals surface area contributed by atoms with Crippen molar-refractivity contribution < 1.29 is 41.8 Å². The van der Waals surface area contributed by atoms with Crippen LogP contribution in [0.3, 0.4) is 0 Å². The van der Waals surface area contributed by atoms with Gasteiger partial charge in [-0.3, -0.25) is 13.6 Å². The number of phosphoric ester groups is 1. The van der Waals surface area contributed by atoms with Crippen molar-refractivity contribution >= 4 is 7.82 Å². The summed E-state index contributed by atoms with van der Waals surface area (Å²) in [5.41, 5.74) is 1.68. The van der Waals surface area contributed by atoms with Gasteiger partial charge in [0.25, 0.3) is 0 Å². The van der Waals surface area contributed by atoms with Crippen LogP contribution in [-0.4, -0.2) is 48.9 Å². The summed E-state index contributed by atoms with van der Waals surface area (Å²) in [6.45, 7) is 7.46. The second kappa shape index (κ2) is 9.91. The average molecular weight is 521 g/mol. The molecule has 5 rings (SSSR count). The van der Waals surface area contributed by atoms with Crippen molar-refractivity contribution in [1.82, 2.24) is 0 Å². The Morgan fingerprint density at radius 1 is 0.806 bits per heavy atom. The largest absolute Gasteiger partial charge is 0.475 e. The zero-order valence-electron chi connectivity index (χ0n) is 21.0. The topological polar surface area (TPSA) is 90.9 Å². The molecule has 3 heterocycles. The maximum absolute atomic E-state index is 13.7. The fourth-order valence-electron chi connectivity index (χ4n) is 4.60. The second-order valence-electron chi connectivity index (χ2n) is 10.0. The summed E-state index contributed by atoms with van der Waals surface area (Å²) in [6.07, 6.45) is -1.71.